The smallest absolute Gasteiger partial charge is 0.160 e. The average molecular weight is 220 g/mol. The van der Waals surface area contributed by atoms with E-state index >= 15 is 0 Å². The number of rotatable bonds is 5. The molecule has 1 aromatic heterocycles. The highest BCUT2D eigenvalue weighted by molar-refractivity contribution is 5.85. The SMILES string of the molecule is CCCCC(CC)c1nnc2n1N=C(C)C2. The van der Waals surface area contributed by atoms with Gasteiger partial charge in [0.2, 0.25) is 0 Å². The lowest BCUT2D eigenvalue weighted by molar-refractivity contribution is 0.524. The van der Waals surface area contributed by atoms with Gasteiger partial charge >= 0.3 is 0 Å². The summed E-state index contributed by atoms with van der Waals surface area (Å²) < 4.78 is 1.96. The van der Waals surface area contributed by atoms with E-state index in [2.05, 4.69) is 29.1 Å². The lowest BCUT2D eigenvalue weighted by atomic mass is 9.99. The van der Waals surface area contributed by atoms with E-state index < -0.39 is 0 Å². The second-order valence-corrected chi connectivity index (χ2v) is 4.55. The minimum Gasteiger partial charge on any atom is -0.201 e. The van der Waals surface area contributed by atoms with E-state index in [0.29, 0.717) is 5.92 Å². The summed E-state index contributed by atoms with van der Waals surface area (Å²) in [7, 11) is 0. The summed E-state index contributed by atoms with van der Waals surface area (Å²) in [5, 5.41) is 13.0. The van der Waals surface area contributed by atoms with Crippen molar-refractivity contribution in [3.8, 4) is 0 Å². The Morgan fingerprint density at radius 1 is 1.31 bits per heavy atom. The summed E-state index contributed by atoms with van der Waals surface area (Å²) in [6.45, 7) is 6.49. The minimum absolute atomic E-state index is 0.510. The van der Waals surface area contributed by atoms with Crippen molar-refractivity contribution in [2.45, 2.75) is 58.8 Å². The fourth-order valence-corrected chi connectivity index (χ4v) is 2.20. The van der Waals surface area contributed by atoms with Gasteiger partial charge in [0.15, 0.2) is 11.6 Å². The van der Waals surface area contributed by atoms with Crippen LogP contribution in [0, 0.1) is 0 Å². The Kier molecular flexibility index (Phi) is 3.36. The molecule has 0 aliphatic carbocycles. The lowest BCUT2D eigenvalue weighted by Crippen LogP contribution is -2.05. The highest BCUT2D eigenvalue weighted by Crippen LogP contribution is 2.26. The van der Waals surface area contributed by atoms with E-state index in [1.165, 1.54) is 19.3 Å². The molecule has 16 heavy (non-hydrogen) atoms. The van der Waals surface area contributed by atoms with Crippen molar-refractivity contribution >= 4 is 5.71 Å². The first-order chi connectivity index (χ1) is 7.76. The van der Waals surface area contributed by atoms with Gasteiger partial charge in [-0.1, -0.05) is 26.7 Å². The van der Waals surface area contributed by atoms with Gasteiger partial charge < -0.3 is 0 Å². The average Bonchev–Trinajstić information content (AvgIpc) is 2.79. The van der Waals surface area contributed by atoms with Crippen molar-refractivity contribution in [2.24, 2.45) is 5.10 Å². The zero-order valence-corrected chi connectivity index (χ0v) is 10.4. The van der Waals surface area contributed by atoms with Gasteiger partial charge in [-0.05, 0) is 19.8 Å². The molecule has 0 fully saturated rings. The first-order valence-electron chi connectivity index (χ1n) is 6.24. The normalized spacial score (nSPS) is 16.1. The monoisotopic (exact) mass is 220 g/mol. The maximum Gasteiger partial charge on any atom is 0.160 e. The van der Waals surface area contributed by atoms with Gasteiger partial charge in [0, 0.05) is 18.1 Å². The molecular weight excluding hydrogens is 200 g/mol. The van der Waals surface area contributed by atoms with Gasteiger partial charge in [-0.25, -0.2) is 4.68 Å². The Labute approximate surface area is 96.8 Å². The van der Waals surface area contributed by atoms with Crippen LogP contribution < -0.4 is 0 Å². The first kappa shape index (κ1) is 11.3. The molecule has 0 radical (unpaired) electrons. The molecule has 0 N–H and O–H groups in total. The van der Waals surface area contributed by atoms with Crippen molar-refractivity contribution in [3.63, 3.8) is 0 Å². The molecule has 4 nitrogen and oxygen atoms in total. The number of fused-ring (bicyclic) bond motifs is 1. The molecule has 88 valence electrons. The predicted octanol–water partition coefficient (Wildman–Crippen LogP) is 2.74. The van der Waals surface area contributed by atoms with Crippen LogP contribution in [-0.2, 0) is 6.42 Å². The minimum atomic E-state index is 0.510. The third-order valence-electron chi connectivity index (χ3n) is 3.18. The standard InChI is InChI=1S/C12H20N4/c1-4-6-7-10(5-2)12-14-13-11-8-9(3)15-16(11)12/h10H,4-8H2,1-3H3. The first-order valence-corrected chi connectivity index (χ1v) is 6.24. The fraction of sp³-hybridized carbons (Fsp3) is 0.750. The van der Waals surface area contributed by atoms with E-state index in [-0.39, 0.29) is 0 Å². The van der Waals surface area contributed by atoms with Crippen molar-refractivity contribution in [3.05, 3.63) is 11.6 Å². The van der Waals surface area contributed by atoms with Gasteiger partial charge in [0.05, 0.1) is 0 Å². The van der Waals surface area contributed by atoms with Crippen LogP contribution in [0.25, 0.3) is 0 Å². The predicted molar refractivity (Wildman–Crippen MR) is 64.8 cm³/mol. The number of nitrogens with zero attached hydrogens (tertiary/aromatic N) is 4. The molecule has 1 atom stereocenters. The second-order valence-electron chi connectivity index (χ2n) is 4.55. The van der Waals surface area contributed by atoms with Crippen molar-refractivity contribution in [1.29, 1.82) is 0 Å². The van der Waals surface area contributed by atoms with Crippen molar-refractivity contribution in [2.75, 3.05) is 0 Å². The Morgan fingerprint density at radius 2 is 2.12 bits per heavy atom. The number of hydrogen-bond acceptors (Lipinski definition) is 3. The van der Waals surface area contributed by atoms with Crippen LogP contribution in [-0.4, -0.2) is 20.6 Å². The lowest BCUT2D eigenvalue weighted by Gasteiger charge is -2.12. The summed E-state index contributed by atoms with van der Waals surface area (Å²) in [4.78, 5) is 0. The van der Waals surface area contributed by atoms with Crippen LogP contribution in [0.15, 0.2) is 5.10 Å². The summed E-state index contributed by atoms with van der Waals surface area (Å²) in [6.07, 6.45) is 5.66. The molecule has 0 aromatic carbocycles. The van der Waals surface area contributed by atoms with Crippen molar-refractivity contribution in [1.82, 2.24) is 14.9 Å². The van der Waals surface area contributed by atoms with E-state index in [9.17, 15) is 0 Å². The van der Waals surface area contributed by atoms with Gasteiger partial charge in [-0.3, -0.25) is 0 Å². The van der Waals surface area contributed by atoms with Crippen LogP contribution in [0.4, 0.5) is 0 Å². The topological polar surface area (TPSA) is 43.1 Å². The van der Waals surface area contributed by atoms with Gasteiger partial charge in [0.25, 0.3) is 0 Å². The molecule has 2 heterocycles. The van der Waals surface area contributed by atoms with Crippen LogP contribution in [0.5, 0.6) is 0 Å². The van der Waals surface area contributed by atoms with Crippen LogP contribution in [0.1, 0.15) is 64.0 Å². The van der Waals surface area contributed by atoms with Crippen LogP contribution >= 0.6 is 0 Å². The van der Waals surface area contributed by atoms with Crippen LogP contribution in [0.3, 0.4) is 0 Å². The maximum atomic E-state index is 4.50. The fourth-order valence-electron chi connectivity index (χ4n) is 2.20. The van der Waals surface area contributed by atoms with E-state index in [1.54, 1.807) is 0 Å². The Hall–Kier alpha value is -1.19. The molecule has 0 saturated carbocycles. The molecule has 0 spiro atoms. The third-order valence-corrected chi connectivity index (χ3v) is 3.18. The molecule has 0 amide bonds. The second kappa shape index (κ2) is 4.76. The number of aromatic nitrogens is 3. The molecule has 4 heteroatoms. The van der Waals surface area contributed by atoms with Crippen LogP contribution in [0.2, 0.25) is 0 Å². The van der Waals surface area contributed by atoms with E-state index in [1.807, 2.05) is 11.6 Å². The summed E-state index contributed by atoms with van der Waals surface area (Å²) in [5.41, 5.74) is 1.14. The zero-order valence-electron chi connectivity index (χ0n) is 10.4. The summed E-state index contributed by atoms with van der Waals surface area (Å²) in [6, 6.07) is 0. The Morgan fingerprint density at radius 3 is 2.81 bits per heavy atom. The number of hydrogen-bond donors (Lipinski definition) is 0. The molecular formula is C12H20N4. The van der Waals surface area contributed by atoms with Gasteiger partial charge in [0.1, 0.15) is 0 Å². The largest absolute Gasteiger partial charge is 0.201 e. The summed E-state index contributed by atoms with van der Waals surface area (Å²) in [5.74, 6) is 2.57. The van der Waals surface area contributed by atoms with Gasteiger partial charge in [-0.15, -0.1) is 10.2 Å². The summed E-state index contributed by atoms with van der Waals surface area (Å²) >= 11 is 0. The highest BCUT2D eigenvalue weighted by Gasteiger charge is 2.23. The van der Waals surface area contributed by atoms with E-state index in [0.717, 1.165) is 30.2 Å². The number of unbranched alkanes of at least 4 members (excludes halogenated alkanes) is 1. The molecule has 1 aliphatic rings. The zero-order chi connectivity index (χ0) is 11.5. The highest BCUT2D eigenvalue weighted by atomic mass is 15.5. The molecule has 1 aromatic rings. The molecule has 0 bridgehead atoms. The van der Waals surface area contributed by atoms with E-state index in [4.69, 9.17) is 0 Å². The third kappa shape index (κ3) is 2.01. The molecule has 2 rings (SSSR count). The quantitative estimate of drug-likeness (QED) is 0.765. The van der Waals surface area contributed by atoms with Gasteiger partial charge in [-0.2, -0.15) is 5.10 Å². The molecule has 0 saturated heterocycles. The maximum absolute atomic E-state index is 4.50. The molecule has 1 aliphatic heterocycles. The Balaban J connectivity index is 2.19. The van der Waals surface area contributed by atoms with Crippen molar-refractivity contribution < 1.29 is 0 Å². The Bertz CT molecular complexity index is 392. The molecule has 1 unspecified atom stereocenters.